The van der Waals surface area contributed by atoms with Crippen LogP contribution in [0.15, 0.2) is 72.8 Å². The molecule has 2 heteroatoms. The van der Waals surface area contributed by atoms with Gasteiger partial charge in [-0.05, 0) is 91.4 Å². The van der Waals surface area contributed by atoms with E-state index in [4.69, 9.17) is 11.5 Å². The quantitative estimate of drug-likeness (QED) is 0.246. The van der Waals surface area contributed by atoms with Gasteiger partial charge in [0.15, 0.2) is 0 Å². The molecule has 38 heavy (non-hydrogen) atoms. The zero-order valence-electron chi connectivity index (χ0n) is 24.4. The van der Waals surface area contributed by atoms with E-state index in [9.17, 15) is 0 Å². The predicted molar refractivity (Wildman–Crippen MR) is 168 cm³/mol. The summed E-state index contributed by atoms with van der Waals surface area (Å²) in [5, 5.41) is 0. The van der Waals surface area contributed by atoms with Gasteiger partial charge in [-0.15, -0.1) is 0 Å². The number of nitrogens with two attached hydrogens (primary N) is 2. The van der Waals surface area contributed by atoms with Crippen LogP contribution in [0.4, 0.5) is 11.4 Å². The number of benzene rings is 4. The van der Waals surface area contributed by atoms with Crippen LogP contribution in [0.1, 0.15) is 101 Å². The van der Waals surface area contributed by atoms with Crippen LogP contribution in [-0.4, -0.2) is 0 Å². The standard InChI is InChI=1S/C36H44N2/c1-21(2)28-19-27(20-29(22(3)4)35(28)37)34-32(25-15-11-9-12-16-25)30(23(5)6)36(38)31(24(7)8)33(34)26-17-13-10-14-18-26/h9-24H,37-38H2,1-8H3. The summed E-state index contributed by atoms with van der Waals surface area (Å²) in [6.45, 7) is 18.0. The van der Waals surface area contributed by atoms with E-state index in [1.165, 1.54) is 55.6 Å². The van der Waals surface area contributed by atoms with Gasteiger partial charge < -0.3 is 11.5 Å². The summed E-state index contributed by atoms with van der Waals surface area (Å²) in [7, 11) is 0. The lowest BCUT2D eigenvalue weighted by molar-refractivity contribution is 0.838. The van der Waals surface area contributed by atoms with Crippen LogP contribution < -0.4 is 11.5 Å². The van der Waals surface area contributed by atoms with Crippen LogP contribution >= 0.6 is 0 Å². The molecular weight excluding hydrogens is 460 g/mol. The van der Waals surface area contributed by atoms with Crippen LogP contribution in [0.25, 0.3) is 33.4 Å². The molecule has 0 atom stereocenters. The Morgan fingerprint density at radius 2 is 0.789 bits per heavy atom. The highest BCUT2D eigenvalue weighted by Gasteiger charge is 2.28. The van der Waals surface area contributed by atoms with Gasteiger partial charge in [0.1, 0.15) is 0 Å². The third-order valence-corrected chi connectivity index (χ3v) is 7.68. The Balaban J connectivity index is 2.33. The van der Waals surface area contributed by atoms with Crippen molar-refractivity contribution in [3.05, 3.63) is 95.1 Å². The summed E-state index contributed by atoms with van der Waals surface area (Å²) in [5.74, 6) is 1.15. The molecule has 0 bridgehead atoms. The van der Waals surface area contributed by atoms with Gasteiger partial charge in [0, 0.05) is 11.4 Å². The zero-order chi connectivity index (χ0) is 27.7. The topological polar surface area (TPSA) is 52.0 Å². The van der Waals surface area contributed by atoms with E-state index < -0.39 is 0 Å². The number of hydrogen-bond donors (Lipinski definition) is 2. The van der Waals surface area contributed by atoms with Gasteiger partial charge in [0.05, 0.1) is 0 Å². The maximum Gasteiger partial charge on any atom is 0.0397 e. The summed E-state index contributed by atoms with van der Waals surface area (Å²) in [6.07, 6.45) is 0. The second kappa shape index (κ2) is 11.1. The van der Waals surface area contributed by atoms with Gasteiger partial charge in [-0.25, -0.2) is 0 Å². The van der Waals surface area contributed by atoms with Gasteiger partial charge in [-0.3, -0.25) is 0 Å². The lowest BCUT2D eigenvalue weighted by Crippen LogP contribution is -2.11. The van der Waals surface area contributed by atoms with E-state index in [0.717, 1.165) is 11.4 Å². The fraction of sp³-hybridized carbons (Fsp3) is 0.333. The summed E-state index contributed by atoms with van der Waals surface area (Å²) in [4.78, 5) is 0. The minimum atomic E-state index is 0.259. The third kappa shape index (κ3) is 4.97. The highest BCUT2D eigenvalue weighted by Crippen LogP contribution is 2.52. The molecule has 4 N–H and O–H groups in total. The molecule has 4 aromatic carbocycles. The minimum Gasteiger partial charge on any atom is -0.398 e. The Hall–Kier alpha value is -3.52. The van der Waals surface area contributed by atoms with Crippen molar-refractivity contribution in [2.45, 2.75) is 79.1 Å². The van der Waals surface area contributed by atoms with Gasteiger partial charge in [-0.1, -0.05) is 116 Å². The predicted octanol–water partition coefficient (Wildman–Crippen LogP) is 10.3. The molecule has 0 saturated carbocycles. The number of anilines is 2. The van der Waals surface area contributed by atoms with E-state index in [2.05, 4.69) is 128 Å². The smallest absolute Gasteiger partial charge is 0.0397 e. The molecule has 0 radical (unpaired) electrons. The average Bonchev–Trinajstić information content (AvgIpc) is 2.88. The molecule has 4 aromatic rings. The van der Waals surface area contributed by atoms with Crippen molar-refractivity contribution in [3.63, 3.8) is 0 Å². The normalized spacial score (nSPS) is 11.8. The molecule has 198 valence electrons. The molecule has 0 aliphatic rings. The second-order valence-corrected chi connectivity index (χ2v) is 11.8. The van der Waals surface area contributed by atoms with E-state index in [1.807, 2.05) is 0 Å². The highest BCUT2D eigenvalue weighted by atomic mass is 14.6. The number of rotatable bonds is 7. The highest BCUT2D eigenvalue weighted by molar-refractivity contribution is 6.02. The maximum absolute atomic E-state index is 7.17. The maximum atomic E-state index is 7.17. The molecular formula is C36H44N2. The number of hydrogen-bond acceptors (Lipinski definition) is 2. The summed E-state index contributed by atoms with van der Waals surface area (Å²) in [6, 6.07) is 26.2. The SMILES string of the molecule is CC(C)c1cc(-c2c(-c3ccccc3)c(C(C)C)c(N)c(C(C)C)c2-c2ccccc2)cc(C(C)C)c1N. The van der Waals surface area contributed by atoms with Crippen LogP contribution in [0.3, 0.4) is 0 Å². The van der Waals surface area contributed by atoms with Crippen LogP contribution in [0, 0.1) is 0 Å². The lowest BCUT2D eigenvalue weighted by atomic mass is 9.75. The molecule has 0 saturated heterocycles. The number of nitrogen functional groups attached to an aromatic ring is 2. The fourth-order valence-corrected chi connectivity index (χ4v) is 5.90. The first-order valence-electron chi connectivity index (χ1n) is 14.1. The third-order valence-electron chi connectivity index (χ3n) is 7.68. The molecule has 2 nitrogen and oxygen atoms in total. The van der Waals surface area contributed by atoms with Gasteiger partial charge in [0.25, 0.3) is 0 Å². The van der Waals surface area contributed by atoms with Crippen molar-refractivity contribution < 1.29 is 0 Å². The first-order valence-corrected chi connectivity index (χ1v) is 14.1. The zero-order valence-corrected chi connectivity index (χ0v) is 24.4. The lowest BCUT2D eigenvalue weighted by Gasteiger charge is -2.30. The van der Waals surface area contributed by atoms with Crippen molar-refractivity contribution in [2.24, 2.45) is 0 Å². The largest absolute Gasteiger partial charge is 0.398 e. The van der Waals surface area contributed by atoms with Crippen LogP contribution in [-0.2, 0) is 0 Å². The Bertz CT molecular complexity index is 1310. The Kier molecular flexibility index (Phi) is 8.02. The van der Waals surface area contributed by atoms with Crippen molar-refractivity contribution in [1.82, 2.24) is 0 Å². The second-order valence-electron chi connectivity index (χ2n) is 11.8. The summed E-state index contributed by atoms with van der Waals surface area (Å²) >= 11 is 0. The molecule has 0 unspecified atom stereocenters. The van der Waals surface area contributed by atoms with Gasteiger partial charge in [0.2, 0.25) is 0 Å². The Labute approximate surface area is 230 Å². The van der Waals surface area contributed by atoms with E-state index in [1.54, 1.807) is 0 Å². The van der Waals surface area contributed by atoms with E-state index in [0.29, 0.717) is 11.8 Å². The summed E-state index contributed by atoms with van der Waals surface area (Å²) in [5.41, 5.74) is 28.0. The first-order chi connectivity index (χ1) is 18.0. The molecule has 0 aliphatic heterocycles. The van der Waals surface area contributed by atoms with Crippen LogP contribution in [0.5, 0.6) is 0 Å². The molecule has 0 spiro atoms. The molecule has 0 amide bonds. The Morgan fingerprint density at radius 3 is 1.11 bits per heavy atom. The van der Waals surface area contributed by atoms with Crippen molar-refractivity contribution in [1.29, 1.82) is 0 Å². The molecule has 0 fully saturated rings. The van der Waals surface area contributed by atoms with Crippen molar-refractivity contribution in [2.75, 3.05) is 11.5 Å². The minimum absolute atomic E-state index is 0.259. The molecule has 0 aromatic heterocycles. The molecule has 0 aliphatic carbocycles. The van der Waals surface area contributed by atoms with Crippen molar-refractivity contribution in [3.8, 4) is 33.4 Å². The first kappa shape index (κ1) is 27.5. The van der Waals surface area contributed by atoms with Crippen molar-refractivity contribution >= 4 is 11.4 Å². The Morgan fingerprint density at radius 1 is 0.421 bits per heavy atom. The monoisotopic (exact) mass is 504 g/mol. The van der Waals surface area contributed by atoms with Gasteiger partial charge in [-0.2, -0.15) is 0 Å². The van der Waals surface area contributed by atoms with E-state index in [-0.39, 0.29) is 11.8 Å². The molecule has 0 heterocycles. The van der Waals surface area contributed by atoms with E-state index >= 15 is 0 Å². The molecule has 4 rings (SSSR count). The van der Waals surface area contributed by atoms with Gasteiger partial charge >= 0.3 is 0 Å². The summed E-state index contributed by atoms with van der Waals surface area (Å²) < 4.78 is 0. The van der Waals surface area contributed by atoms with Crippen LogP contribution in [0.2, 0.25) is 0 Å². The average molecular weight is 505 g/mol. The fourth-order valence-electron chi connectivity index (χ4n) is 5.90.